The Morgan fingerprint density at radius 2 is 1.73 bits per heavy atom. The molecule has 0 aliphatic rings. The van der Waals surface area contributed by atoms with E-state index in [-0.39, 0.29) is 18.7 Å². The predicted molar refractivity (Wildman–Crippen MR) is 95.5 cm³/mol. The van der Waals surface area contributed by atoms with Crippen LogP contribution in [0.3, 0.4) is 0 Å². The van der Waals surface area contributed by atoms with Gasteiger partial charge in [-0.05, 0) is 42.0 Å². The first-order valence-electron chi connectivity index (χ1n) is 7.71. The lowest BCUT2D eigenvalue weighted by molar-refractivity contribution is 0.502. The summed E-state index contributed by atoms with van der Waals surface area (Å²) in [5.41, 5.74) is 1.23. The molecule has 0 radical (unpaired) electrons. The van der Waals surface area contributed by atoms with Crippen molar-refractivity contribution >= 4 is 21.6 Å². The largest absolute Gasteiger partial charge is 0.421 e. The van der Waals surface area contributed by atoms with Crippen LogP contribution in [0.25, 0.3) is 11.5 Å². The van der Waals surface area contributed by atoms with E-state index >= 15 is 0 Å². The van der Waals surface area contributed by atoms with Crippen molar-refractivity contribution in [2.45, 2.75) is 12.2 Å². The van der Waals surface area contributed by atoms with Crippen molar-refractivity contribution in [2.75, 3.05) is 6.54 Å². The fourth-order valence-electron chi connectivity index (χ4n) is 2.23. The summed E-state index contributed by atoms with van der Waals surface area (Å²) in [5, 5.41) is 8.44. The van der Waals surface area contributed by atoms with Crippen molar-refractivity contribution in [3.63, 3.8) is 0 Å². The highest BCUT2D eigenvalue weighted by atomic mass is 35.5. The average molecular weight is 396 g/mol. The van der Waals surface area contributed by atoms with E-state index in [1.807, 2.05) is 0 Å². The van der Waals surface area contributed by atoms with Gasteiger partial charge in [0.2, 0.25) is 21.8 Å². The zero-order chi connectivity index (χ0) is 18.6. The Kier molecular flexibility index (Phi) is 5.65. The lowest BCUT2D eigenvalue weighted by atomic mass is 10.2. The second-order valence-electron chi connectivity index (χ2n) is 5.54. The number of hydrogen-bond acceptors (Lipinski definition) is 5. The van der Waals surface area contributed by atoms with E-state index in [2.05, 4.69) is 14.9 Å². The molecule has 6 nitrogen and oxygen atoms in total. The lowest BCUT2D eigenvalue weighted by Gasteiger charge is -2.05. The SMILES string of the molecule is O=S(=O)(Cc1ccc(F)cc1)NCCc1nnc(-c2ccc(Cl)cc2)o1. The second-order valence-corrected chi connectivity index (χ2v) is 7.78. The molecular weight excluding hydrogens is 381 g/mol. The van der Waals surface area contributed by atoms with Gasteiger partial charge in [-0.2, -0.15) is 0 Å². The molecule has 26 heavy (non-hydrogen) atoms. The molecule has 0 aliphatic heterocycles. The number of rotatable bonds is 7. The molecule has 2 aromatic carbocycles. The van der Waals surface area contributed by atoms with Gasteiger partial charge in [-0.1, -0.05) is 23.7 Å². The van der Waals surface area contributed by atoms with Gasteiger partial charge in [0.05, 0.1) is 5.75 Å². The van der Waals surface area contributed by atoms with E-state index in [1.165, 1.54) is 24.3 Å². The van der Waals surface area contributed by atoms with Crippen LogP contribution in [0.5, 0.6) is 0 Å². The normalized spacial score (nSPS) is 11.6. The van der Waals surface area contributed by atoms with Crippen LogP contribution < -0.4 is 4.72 Å². The Morgan fingerprint density at radius 3 is 2.42 bits per heavy atom. The van der Waals surface area contributed by atoms with E-state index < -0.39 is 15.8 Å². The summed E-state index contributed by atoms with van der Waals surface area (Å²) in [4.78, 5) is 0. The van der Waals surface area contributed by atoms with Crippen LogP contribution in [0.1, 0.15) is 11.5 Å². The molecule has 0 fully saturated rings. The van der Waals surface area contributed by atoms with Crippen LogP contribution in [0.15, 0.2) is 52.9 Å². The van der Waals surface area contributed by atoms with Crippen molar-refractivity contribution in [1.29, 1.82) is 0 Å². The minimum Gasteiger partial charge on any atom is -0.421 e. The molecule has 1 N–H and O–H groups in total. The minimum atomic E-state index is -3.54. The molecule has 0 amide bonds. The molecule has 3 aromatic rings. The van der Waals surface area contributed by atoms with Crippen molar-refractivity contribution < 1.29 is 17.2 Å². The third-order valence-electron chi connectivity index (χ3n) is 3.49. The number of nitrogens with zero attached hydrogens (tertiary/aromatic N) is 2. The Bertz CT molecular complexity index is 973. The summed E-state index contributed by atoms with van der Waals surface area (Å²) in [6.45, 7) is 0.117. The van der Waals surface area contributed by atoms with Gasteiger partial charge in [-0.3, -0.25) is 0 Å². The molecule has 9 heteroatoms. The van der Waals surface area contributed by atoms with Crippen LogP contribution in [0.4, 0.5) is 4.39 Å². The van der Waals surface area contributed by atoms with Gasteiger partial charge in [0.15, 0.2) is 0 Å². The second kappa shape index (κ2) is 7.94. The Balaban J connectivity index is 1.54. The lowest BCUT2D eigenvalue weighted by Crippen LogP contribution is -2.27. The van der Waals surface area contributed by atoms with Crippen LogP contribution in [0.2, 0.25) is 5.02 Å². The summed E-state index contributed by atoms with van der Waals surface area (Å²) in [7, 11) is -3.54. The van der Waals surface area contributed by atoms with Gasteiger partial charge in [0, 0.05) is 23.6 Å². The van der Waals surface area contributed by atoms with Gasteiger partial charge >= 0.3 is 0 Å². The molecule has 0 bridgehead atoms. The van der Waals surface area contributed by atoms with Crippen LogP contribution >= 0.6 is 11.6 Å². The van der Waals surface area contributed by atoms with E-state index in [1.54, 1.807) is 24.3 Å². The smallest absolute Gasteiger partial charge is 0.247 e. The highest BCUT2D eigenvalue weighted by Crippen LogP contribution is 2.20. The van der Waals surface area contributed by atoms with Crippen molar-refractivity contribution in [3.05, 3.63) is 70.8 Å². The van der Waals surface area contributed by atoms with Gasteiger partial charge in [0.1, 0.15) is 5.82 Å². The summed E-state index contributed by atoms with van der Waals surface area (Å²) >= 11 is 5.83. The van der Waals surface area contributed by atoms with Gasteiger partial charge < -0.3 is 4.42 Å². The van der Waals surface area contributed by atoms with E-state index in [0.717, 1.165) is 5.56 Å². The predicted octanol–water partition coefficient (Wildman–Crippen LogP) is 3.19. The number of halogens is 2. The molecule has 0 aliphatic carbocycles. The van der Waals surface area contributed by atoms with E-state index in [4.69, 9.17) is 16.0 Å². The van der Waals surface area contributed by atoms with Crippen LogP contribution in [0, 0.1) is 5.82 Å². The van der Waals surface area contributed by atoms with Crippen molar-refractivity contribution in [3.8, 4) is 11.5 Å². The molecule has 1 aromatic heterocycles. The molecule has 136 valence electrons. The fourth-order valence-corrected chi connectivity index (χ4v) is 3.50. The maximum atomic E-state index is 12.9. The number of aromatic nitrogens is 2. The molecule has 0 spiro atoms. The zero-order valence-corrected chi connectivity index (χ0v) is 15.1. The average Bonchev–Trinajstić information content (AvgIpc) is 3.06. The zero-order valence-electron chi connectivity index (χ0n) is 13.5. The maximum Gasteiger partial charge on any atom is 0.247 e. The minimum absolute atomic E-state index is 0.117. The number of nitrogens with one attached hydrogen (secondary N) is 1. The first kappa shape index (κ1) is 18.5. The first-order valence-corrected chi connectivity index (χ1v) is 9.74. The maximum absolute atomic E-state index is 12.9. The summed E-state index contributed by atoms with van der Waals surface area (Å²) < 4.78 is 44.9. The quantitative estimate of drug-likeness (QED) is 0.664. The summed E-state index contributed by atoms with van der Waals surface area (Å²) in [6, 6.07) is 12.3. The standard InChI is InChI=1S/C17H15ClFN3O3S/c18-14-5-3-13(4-6-14)17-22-21-16(25-17)9-10-20-26(23,24)11-12-1-7-15(19)8-2-12/h1-8,20H,9-11H2. The Morgan fingerprint density at radius 1 is 1.04 bits per heavy atom. The Labute approximate surface area is 155 Å². The third kappa shape index (κ3) is 5.10. The number of sulfonamides is 1. The highest BCUT2D eigenvalue weighted by Gasteiger charge is 2.13. The van der Waals surface area contributed by atoms with Crippen molar-refractivity contribution in [1.82, 2.24) is 14.9 Å². The first-order chi connectivity index (χ1) is 12.4. The topological polar surface area (TPSA) is 85.1 Å². The third-order valence-corrected chi connectivity index (χ3v) is 5.10. The molecule has 0 unspecified atom stereocenters. The number of benzene rings is 2. The van der Waals surface area contributed by atoms with E-state index in [0.29, 0.717) is 22.4 Å². The van der Waals surface area contributed by atoms with Crippen LogP contribution in [-0.4, -0.2) is 25.2 Å². The van der Waals surface area contributed by atoms with E-state index in [9.17, 15) is 12.8 Å². The number of hydrogen-bond donors (Lipinski definition) is 1. The summed E-state index contributed by atoms with van der Waals surface area (Å²) in [6.07, 6.45) is 0.253. The van der Waals surface area contributed by atoms with Gasteiger partial charge in [0.25, 0.3) is 0 Å². The Hall–Kier alpha value is -2.29. The molecule has 0 atom stereocenters. The van der Waals surface area contributed by atoms with Crippen molar-refractivity contribution in [2.24, 2.45) is 0 Å². The fraction of sp³-hybridized carbons (Fsp3) is 0.176. The molecule has 0 saturated heterocycles. The molecule has 0 saturated carbocycles. The summed E-state index contributed by atoms with van der Waals surface area (Å²) in [5.74, 6) is 0.0184. The molecular formula is C17H15ClFN3O3S. The molecule has 3 rings (SSSR count). The molecule has 1 heterocycles. The monoisotopic (exact) mass is 395 g/mol. The van der Waals surface area contributed by atoms with Crippen LogP contribution in [-0.2, 0) is 22.2 Å². The van der Waals surface area contributed by atoms with Gasteiger partial charge in [-0.25, -0.2) is 17.5 Å². The van der Waals surface area contributed by atoms with Gasteiger partial charge in [-0.15, -0.1) is 10.2 Å². The highest BCUT2D eigenvalue weighted by molar-refractivity contribution is 7.88.